The van der Waals surface area contributed by atoms with E-state index < -0.39 is 0 Å². The second kappa shape index (κ2) is 8.70. The first-order chi connectivity index (χ1) is 8.74. The number of unbranched alkanes of at least 4 members (excludes halogenated alkanes) is 3. The fraction of sp³-hybridized carbons (Fsp3) is 0.533. The van der Waals surface area contributed by atoms with Crippen molar-refractivity contribution in [3.8, 4) is 0 Å². The van der Waals surface area contributed by atoms with Crippen molar-refractivity contribution in [2.75, 3.05) is 6.54 Å². The highest BCUT2D eigenvalue weighted by atomic mass is 16.1. The lowest BCUT2D eigenvalue weighted by Gasteiger charge is -2.07. The summed E-state index contributed by atoms with van der Waals surface area (Å²) < 4.78 is 0. The van der Waals surface area contributed by atoms with E-state index in [0.29, 0.717) is 13.0 Å². The normalized spacial score (nSPS) is 10.3. The van der Waals surface area contributed by atoms with Gasteiger partial charge in [0.1, 0.15) is 0 Å². The number of nitrogens with two attached hydrogens (primary N) is 1. The zero-order valence-corrected chi connectivity index (χ0v) is 11.2. The van der Waals surface area contributed by atoms with Crippen molar-refractivity contribution < 1.29 is 4.79 Å². The average molecular weight is 248 g/mol. The molecule has 0 aliphatic rings. The van der Waals surface area contributed by atoms with Crippen molar-refractivity contribution in [3.63, 3.8) is 0 Å². The molecule has 1 aromatic carbocycles. The first-order valence-corrected chi connectivity index (χ1v) is 6.75. The van der Waals surface area contributed by atoms with E-state index in [-0.39, 0.29) is 5.91 Å². The van der Waals surface area contributed by atoms with Crippen LogP contribution in [0.2, 0.25) is 0 Å². The largest absolute Gasteiger partial charge is 0.352 e. The van der Waals surface area contributed by atoms with Crippen molar-refractivity contribution in [1.82, 2.24) is 5.32 Å². The van der Waals surface area contributed by atoms with Gasteiger partial charge in [0.15, 0.2) is 0 Å². The molecule has 0 saturated carbocycles. The lowest BCUT2D eigenvalue weighted by molar-refractivity contribution is -0.121. The number of hydrogen-bond donors (Lipinski definition) is 2. The van der Waals surface area contributed by atoms with Gasteiger partial charge in [-0.15, -0.1) is 0 Å². The highest BCUT2D eigenvalue weighted by Crippen LogP contribution is 2.07. The first-order valence-electron chi connectivity index (χ1n) is 6.75. The van der Waals surface area contributed by atoms with E-state index in [1.54, 1.807) is 0 Å². The molecule has 1 aromatic rings. The summed E-state index contributed by atoms with van der Waals surface area (Å²) in [5, 5.41) is 2.97. The predicted molar refractivity (Wildman–Crippen MR) is 75.2 cm³/mol. The van der Waals surface area contributed by atoms with Crippen LogP contribution in [0.25, 0.3) is 0 Å². The van der Waals surface area contributed by atoms with Gasteiger partial charge in [-0.05, 0) is 37.4 Å². The summed E-state index contributed by atoms with van der Waals surface area (Å²) in [6, 6.07) is 8.13. The molecule has 100 valence electrons. The van der Waals surface area contributed by atoms with E-state index in [4.69, 9.17) is 5.73 Å². The number of aryl methyl sites for hydroxylation is 1. The van der Waals surface area contributed by atoms with E-state index in [2.05, 4.69) is 24.4 Å². The van der Waals surface area contributed by atoms with Gasteiger partial charge in [0.2, 0.25) is 5.91 Å². The predicted octanol–water partition coefficient (Wildman–Crippen LogP) is 2.52. The minimum atomic E-state index is 0.144. The summed E-state index contributed by atoms with van der Waals surface area (Å²) in [4.78, 5) is 11.6. The van der Waals surface area contributed by atoms with Gasteiger partial charge in [-0.3, -0.25) is 4.79 Å². The Morgan fingerprint density at radius 1 is 1.17 bits per heavy atom. The van der Waals surface area contributed by atoms with Crippen LogP contribution >= 0.6 is 0 Å². The fourth-order valence-corrected chi connectivity index (χ4v) is 1.87. The van der Waals surface area contributed by atoms with Crippen molar-refractivity contribution in [2.45, 2.75) is 45.6 Å². The van der Waals surface area contributed by atoms with E-state index in [9.17, 15) is 4.79 Å². The Balaban J connectivity index is 2.15. The number of carbonyl (C=O) groups is 1. The number of carbonyl (C=O) groups excluding carboxylic acids is 1. The summed E-state index contributed by atoms with van der Waals surface area (Å²) in [5.41, 5.74) is 7.83. The van der Waals surface area contributed by atoms with E-state index in [1.807, 2.05) is 12.1 Å². The maximum absolute atomic E-state index is 11.6. The van der Waals surface area contributed by atoms with Gasteiger partial charge < -0.3 is 11.1 Å². The summed E-state index contributed by atoms with van der Waals surface area (Å²) in [6.45, 7) is 3.45. The molecule has 1 amide bonds. The van der Waals surface area contributed by atoms with Crippen molar-refractivity contribution in [1.29, 1.82) is 0 Å². The van der Waals surface area contributed by atoms with Gasteiger partial charge in [0.25, 0.3) is 0 Å². The standard InChI is InChI=1S/C15H24N2O/c1-13-8-5-6-9-14(13)12-17-15(18)10-4-2-3-7-11-16/h5-6,8-9H,2-4,7,10-12,16H2,1H3,(H,17,18). The molecule has 0 bridgehead atoms. The zero-order chi connectivity index (χ0) is 13.2. The van der Waals surface area contributed by atoms with Gasteiger partial charge in [-0.1, -0.05) is 37.1 Å². The molecule has 3 nitrogen and oxygen atoms in total. The van der Waals surface area contributed by atoms with E-state index in [1.165, 1.54) is 11.1 Å². The third-order valence-electron chi connectivity index (χ3n) is 3.10. The molecule has 0 unspecified atom stereocenters. The summed E-state index contributed by atoms with van der Waals surface area (Å²) in [7, 11) is 0. The van der Waals surface area contributed by atoms with Crippen LogP contribution < -0.4 is 11.1 Å². The first kappa shape index (κ1) is 14.7. The minimum Gasteiger partial charge on any atom is -0.352 e. The molecule has 0 spiro atoms. The smallest absolute Gasteiger partial charge is 0.220 e. The highest BCUT2D eigenvalue weighted by molar-refractivity contribution is 5.75. The monoisotopic (exact) mass is 248 g/mol. The van der Waals surface area contributed by atoms with Gasteiger partial charge in [0.05, 0.1) is 0 Å². The molecular weight excluding hydrogens is 224 g/mol. The Kier molecular flexibility index (Phi) is 7.11. The van der Waals surface area contributed by atoms with Crippen LogP contribution in [0.5, 0.6) is 0 Å². The summed E-state index contributed by atoms with van der Waals surface area (Å²) in [6.07, 6.45) is 4.86. The molecule has 0 atom stereocenters. The lowest BCUT2D eigenvalue weighted by Crippen LogP contribution is -2.22. The molecule has 3 N–H and O–H groups in total. The average Bonchev–Trinajstić information content (AvgIpc) is 2.37. The molecule has 0 aliphatic carbocycles. The van der Waals surface area contributed by atoms with E-state index >= 15 is 0 Å². The van der Waals surface area contributed by atoms with Crippen LogP contribution in [0.15, 0.2) is 24.3 Å². The Hall–Kier alpha value is -1.35. The molecule has 0 heterocycles. The molecule has 0 radical (unpaired) electrons. The van der Waals surface area contributed by atoms with Crippen LogP contribution in [-0.4, -0.2) is 12.5 Å². The Bertz CT molecular complexity index is 363. The van der Waals surface area contributed by atoms with Crippen LogP contribution in [-0.2, 0) is 11.3 Å². The van der Waals surface area contributed by atoms with Gasteiger partial charge >= 0.3 is 0 Å². The Labute approximate surface area is 110 Å². The van der Waals surface area contributed by atoms with Gasteiger partial charge in [0, 0.05) is 13.0 Å². The molecule has 18 heavy (non-hydrogen) atoms. The zero-order valence-electron chi connectivity index (χ0n) is 11.2. The van der Waals surface area contributed by atoms with Crippen LogP contribution in [0, 0.1) is 6.92 Å². The molecule has 0 aliphatic heterocycles. The molecule has 0 fully saturated rings. The number of rotatable bonds is 8. The molecule has 1 rings (SSSR count). The number of benzene rings is 1. The third-order valence-corrected chi connectivity index (χ3v) is 3.10. The molecule has 3 heteroatoms. The number of hydrogen-bond acceptors (Lipinski definition) is 2. The van der Waals surface area contributed by atoms with Crippen molar-refractivity contribution in [2.24, 2.45) is 5.73 Å². The summed E-state index contributed by atoms with van der Waals surface area (Å²) >= 11 is 0. The highest BCUT2D eigenvalue weighted by Gasteiger charge is 2.02. The lowest BCUT2D eigenvalue weighted by atomic mass is 10.1. The number of amides is 1. The topological polar surface area (TPSA) is 55.1 Å². The van der Waals surface area contributed by atoms with Gasteiger partial charge in [-0.2, -0.15) is 0 Å². The second-order valence-electron chi connectivity index (χ2n) is 4.66. The number of nitrogens with one attached hydrogen (secondary N) is 1. The SMILES string of the molecule is Cc1ccccc1CNC(=O)CCCCCCN. The maximum atomic E-state index is 11.6. The van der Waals surface area contributed by atoms with Crippen molar-refractivity contribution >= 4 is 5.91 Å². The van der Waals surface area contributed by atoms with Crippen LogP contribution in [0.1, 0.15) is 43.2 Å². The molecule has 0 saturated heterocycles. The van der Waals surface area contributed by atoms with Gasteiger partial charge in [-0.25, -0.2) is 0 Å². The molecular formula is C15H24N2O. The van der Waals surface area contributed by atoms with Crippen LogP contribution in [0.3, 0.4) is 0 Å². The molecule has 0 aromatic heterocycles. The maximum Gasteiger partial charge on any atom is 0.220 e. The Morgan fingerprint density at radius 3 is 2.61 bits per heavy atom. The third kappa shape index (κ3) is 5.82. The van der Waals surface area contributed by atoms with Crippen LogP contribution in [0.4, 0.5) is 0 Å². The van der Waals surface area contributed by atoms with Crippen molar-refractivity contribution in [3.05, 3.63) is 35.4 Å². The van der Waals surface area contributed by atoms with E-state index in [0.717, 1.165) is 32.2 Å². The Morgan fingerprint density at radius 2 is 1.89 bits per heavy atom. The quantitative estimate of drug-likeness (QED) is 0.695. The fourth-order valence-electron chi connectivity index (χ4n) is 1.87. The minimum absolute atomic E-state index is 0.144. The summed E-state index contributed by atoms with van der Waals surface area (Å²) in [5.74, 6) is 0.144. The second-order valence-corrected chi connectivity index (χ2v) is 4.66.